The monoisotopic (exact) mass is 300 g/mol. The van der Waals surface area contributed by atoms with Crippen molar-refractivity contribution < 1.29 is 4.79 Å². The third-order valence-corrected chi connectivity index (χ3v) is 4.29. The van der Waals surface area contributed by atoms with Gasteiger partial charge in [0, 0.05) is 25.2 Å². The van der Waals surface area contributed by atoms with Gasteiger partial charge in [-0.25, -0.2) is 0 Å². The van der Waals surface area contributed by atoms with Gasteiger partial charge in [0.1, 0.15) is 0 Å². The fourth-order valence-electron chi connectivity index (χ4n) is 2.98. The van der Waals surface area contributed by atoms with E-state index in [9.17, 15) is 4.79 Å². The largest absolute Gasteiger partial charge is 0.384 e. The number of aryl methyl sites for hydroxylation is 2. The van der Waals surface area contributed by atoms with Crippen molar-refractivity contribution in [2.45, 2.75) is 52.4 Å². The van der Waals surface area contributed by atoms with Crippen LogP contribution in [0.3, 0.4) is 0 Å². The van der Waals surface area contributed by atoms with Crippen LogP contribution in [0.1, 0.15) is 49.7 Å². The molecule has 2 N–H and O–H groups in total. The third kappa shape index (κ3) is 5.21. The van der Waals surface area contributed by atoms with Crippen LogP contribution in [-0.2, 0) is 4.79 Å². The van der Waals surface area contributed by atoms with Gasteiger partial charge in [-0.2, -0.15) is 0 Å². The molecule has 2 rings (SSSR count). The molecule has 0 fully saturated rings. The van der Waals surface area contributed by atoms with Crippen LogP contribution in [0, 0.1) is 13.8 Å². The first-order valence-electron chi connectivity index (χ1n) is 8.41. The standard InChI is InChI=1S/C19H28N2O/c1-15-7-6-8-16(2)19(15)21-14-12-18(22)20-13-11-17-9-4-3-5-10-17/h6-9,21H,3-5,10-14H2,1-2H3,(H,20,22). The normalized spacial score (nSPS) is 14.4. The number of benzene rings is 1. The van der Waals surface area contributed by atoms with Crippen LogP contribution in [0.2, 0.25) is 0 Å². The molecule has 3 nitrogen and oxygen atoms in total. The van der Waals surface area contributed by atoms with E-state index in [1.807, 2.05) is 0 Å². The molecule has 1 amide bonds. The number of amides is 1. The minimum atomic E-state index is 0.134. The summed E-state index contributed by atoms with van der Waals surface area (Å²) < 4.78 is 0. The summed E-state index contributed by atoms with van der Waals surface area (Å²) in [5.41, 5.74) is 5.12. The third-order valence-electron chi connectivity index (χ3n) is 4.29. The van der Waals surface area contributed by atoms with Crippen LogP contribution >= 0.6 is 0 Å². The summed E-state index contributed by atoms with van der Waals surface area (Å²) in [7, 11) is 0. The van der Waals surface area contributed by atoms with Crippen molar-refractivity contribution >= 4 is 11.6 Å². The number of rotatable bonds is 7. The quantitative estimate of drug-likeness (QED) is 0.744. The highest BCUT2D eigenvalue weighted by atomic mass is 16.1. The van der Waals surface area contributed by atoms with E-state index < -0.39 is 0 Å². The van der Waals surface area contributed by atoms with Crippen LogP contribution < -0.4 is 10.6 Å². The Morgan fingerprint density at radius 3 is 2.59 bits per heavy atom. The first-order valence-corrected chi connectivity index (χ1v) is 8.41. The molecule has 0 atom stereocenters. The van der Waals surface area contributed by atoms with Gasteiger partial charge in [-0.1, -0.05) is 29.8 Å². The molecule has 120 valence electrons. The minimum Gasteiger partial charge on any atom is -0.384 e. The topological polar surface area (TPSA) is 41.1 Å². The SMILES string of the molecule is Cc1cccc(C)c1NCCC(=O)NCCC1=CCCCC1. The molecule has 0 radical (unpaired) electrons. The zero-order chi connectivity index (χ0) is 15.8. The second kappa shape index (κ2) is 8.62. The molecule has 0 heterocycles. The Hall–Kier alpha value is -1.77. The molecular formula is C19H28N2O. The van der Waals surface area contributed by atoms with Crippen molar-refractivity contribution in [3.63, 3.8) is 0 Å². The highest BCUT2D eigenvalue weighted by molar-refractivity contribution is 5.76. The lowest BCUT2D eigenvalue weighted by molar-refractivity contribution is -0.120. The lowest BCUT2D eigenvalue weighted by Gasteiger charge is -2.14. The van der Waals surface area contributed by atoms with E-state index >= 15 is 0 Å². The molecule has 0 aromatic heterocycles. The fraction of sp³-hybridized carbons (Fsp3) is 0.526. The number of carbonyl (C=O) groups excluding carboxylic acids is 1. The average molecular weight is 300 g/mol. The molecule has 1 aromatic carbocycles. The van der Waals surface area contributed by atoms with E-state index in [2.05, 4.69) is 48.8 Å². The second-order valence-corrected chi connectivity index (χ2v) is 6.15. The average Bonchev–Trinajstić information content (AvgIpc) is 2.51. The van der Waals surface area contributed by atoms with Gasteiger partial charge < -0.3 is 10.6 Å². The van der Waals surface area contributed by atoms with Gasteiger partial charge in [-0.05, 0) is 57.1 Å². The summed E-state index contributed by atoms with van der Waals surface area (Å²) in [6.45, 7) is 5.63. The minimum absolute atomic E-state index is 0.134. The summed E-state index contributed by atoms with van der Waals surface area (Å²) in [6.07, 6.45) is 8.92. The smallest absolute Gasteiger partial charge is 0.221 e. The van der Waals surface area contributed by atoms with Crippen LogP contribution in [0.15, 0.2) is 29.8 Å². The van der Waals surface area contributed by atoms with Crippen molar-refractivity contribution in [1.29, 1.82) is 0 Å². The van der Waals surface area contributed by atoms with E-state index in [1.54, 1.807) is 0 Å². The van der Waals surface area contributed by atoms with Gasteiger partial charge in [-0.3, -0.25) is 4.79 Å². The van der Waals surface area contributed by atoms with Gasteiger partial charge in [0.05, 0.1) is 0 Å². The molecule has 0 unspecified atom stereocenters. The molecule has 0 saturated carbocycles. The van der Waals surface area contributed by atoms with E-state index in [0.717, 1.165) is 18.7 Å². The van der Waals surface area contributed by atoms with Gasteiger partial charge in [-0.15, -0.1) is 0 Å². The van der Waals surface area contributed by atoms with Crippen LogP contribution in [0.4, 0.5) is 5.69 Å². The number of nitrogens with one attached hydrogen (secondary N) is 2. The number of hydrogen-bond acceptors (Lipinski definition) is 2. The molecular weight excluding hydrogens is 272 g/mol. The molecule has 0 spiro atoms. The van der Waals surface area contributed by atoms with Gasteiger partial charge in [0.15, 0.2) is 0 Å². The van der Waals surface area contributed by atoms with Crippen molar-refractivity contribution in [3.8, 4) is 0 Å². The zero-order valence-electron chi connectivity index (χ0n) is 13.9. The summed E-state index contributed by atoms with van der Waals surface area (Å²) >= 11 is 0. The Morgan fingerprint density at radius 2 is 1.91 bits per heavy atom. The lowest BCUT2D eigenvalue weighted by Crippen LogP contribution is -2.26. The Kier molecular flexibility index (Phi) is 6.50. The number of anilines is 1. The Bertz CT molecular complexity index is 514. The summed E-state index contributed by atoms with van der Waals surface area (Å²) in [5, 5.41) is 6.41. The maximum absolute atomic E-state index is 11.9. The van der Waals surface area contributed by atoms with E-state index in [1.165, 1.54) is 42.4 Å². The number of hydrogen-bond donors (Lipinski definition) is 2. The van der Waals surface area contributed by atoms with Crippen LogP contribution in [-0.4, -0.2) is 19.0 Å². The van der Waals surface area contributed by atoms with E-state index in [4.69, 9.17) is 0 Å². The Morgan fingerprint density at radius 1 is 1.14 bits per heavy atom. The van der Waals surface area contributed by atoms with Crippen LogP contribution in [0.5, 0.6) is 0 Å². The molecule has 0 bridgehead atoms. The van der Waals surface area contributed by atoms with Gasteiger partial charge >= 0.3 is 0 Å². The van der Waals surface area contributed by atoms with Gasteiger partial charge in [0.25, 0.3) is 0 Å². The second-order valence-electron chi connectivity index (χ2n) is 6.15. The summed E-state index contributed by atoms with van der Waals surface area (Å²) in [6, 6.07) is 6.24. The molecule has 1 aliphatic carbocycles. The Labute approximate surface area is 134 Å². The predicted octanol–water partition coefficient (Wildman–Crippen LogP) is 4.11. The number of para-hydroxylation sites is 1. The fourth-order valence-corrected chi connectivity index (χ4v) is 2.98. The first kappa shape index (κ1) is 16.6. The molecule has 0 saturated heterocycles. The molecule has 0 aliphatic heterocycles. The maximum Gasteiger partial charge on any atom is 0.221 e. The predicted molar refractivity (Wildman–Crippen MR) is 93.2 cm³/mol. The molecule has 1 aromatic rings. The van der Waals surface area contributed by atoms with Crippen molar-refractivity contribution in [2.75, 3.05) is 18.4 Å². The van der Waals surface area contributed by atoms with Crippen LogP contribution in [0.25, 0.3) is 0 Å². The van der Waals surface area contributed by atoms with Crippen molar-refractivity contribution in [2.24, 2.45) is 0 Å². The highest BCUT2D eigenvalue weighted by Crippen LogP contribution is 2.20. The first-order chi connectivity index (χ1) is 10.7. The van der Waals surface area contributed by atoms with E-state index in [-0.39, 0.29) is 5.91 Å². The highest BCUT2D eigenvalue weighted by Gasteiger charge is 2.06. The number of allylic oxidation sites excluding steroid dienone is 1. The van der Waals surface area contributed by atoms with E-state index in [0.29, 0.717) is 13.0 Å². The Balaban J connectivity index is 1.64. The molecule has 1 aliphatic rings. The lowest BCUT2D eigenvalue weighted by atomic mass is 9.97. The summed E-state index contributed by atoms with van der Waals surface area (Å²) in [5.74, 6) is 0.134. The number of carbonyl (C=O) groups is 1. The molecule has 3 heteroatoms. The van der Waals surface area contributed by atoms with Crippen molar-refractivity contribution in [1.82, 2.24) is 5.32 Å². The van der Waals surface area contributed by atoms with Gasteiger partial charge in [0.2, 0.25) is 5.91 Å². The molecule has 22 heavy (non-hydrogen) atoms. The van der Waals surface area contributed by atoms with Crippen molar-refractivity contribution in [3.05, 3.63) is 41.0 Å². The zero-order valence-corrected chi connectivity index (χ0v) is 13.9. The summed E-state index contributed by atoms with van der Waals surface area (Å²) in [4.78, 5) is 11.9. The maximum atomic E-state index is 11.9.